The molecule has 0 aromatic heterocycles. The molecule has 0 aliphatic carbocycles. The van der Waals surface area contributed by atoms with E-state index in [9.17, 15) is 20.0 Å². The van der Waals surface area contributed by atoms with Gasteiger partial charge in [0.2, 0.25) is 0 Å². The van der Waals surface area contributed by atoms with E-state index in [4.69, 9.17) is 0 Å². The van der Waals surface area contributed by atoms with Crippen molar-refractivity contribution in [1.82, 2.24) is 4.90 Å². The van der Waals surface area contributed by atoms with Crippen molar-refractivity contribution in [3.05, 3.63) is 52.2 Å². The van der Waals surface area contributed by atoms with Crippen molar-refractivity contribution in [1.29, 1.82) is 0 Å². The lowest BCUT2D eigenvalue weighted by atomic mass is 9.93. The van der Waals surface area contributed by atoms with Crippen LogP contribution in [0.5, 0.6) is 0 Å². The average molecular weight is 262 g/mol. The minimum atomic E-state index is -1.64. The van der Waals surface area contributed by atoms with Crippen molar-refractivity contribution in [2.45, 2.75) is 19.1 Å². The van der Waals surface area contributed by atoms with Gasteiger partial charge in [-0.2, -0.15) is 0 Å². The maximum atomic E-state index is 11.9. The third-order valence-electron chi connectivity index (χ3n) is 3.12. The molecule has 1 aliphatic rings. The van der Waals surface area contributed by atoms with Crippen molar-refractivity contribution in [3.63, 3.8) is 0 Å². The summed E-state index contributed by atoms with van der Waals surface area (Å²) < 4.78 is 0. The molecule has 1 heterocycles. The molecular formula is C13H14N2O4. The van der Waals surface area contributed by atoms with Crippen molar-refractivity contribution in [2.24, 2.45) is 0 Å². The Morgan fingerprint density at radius 1 is 1.37 bits per heavy atom. The molecule has 0 radical (unpaired) electrons. The zero-order valence-corrected chi connectivity index (χ0v) is 10.4. The highest BCUT2D eigenvalue weighted by atomic mass is 16.6. The van der Waals surface area contributed by atoms with E-state index >= 15 is 0 Å². The molecule has 2 unspecified atom stereocenters. The predicted molar refractivity (Wildman–Crippen MR) is 68.6 cm³/mol. The van der Waals surface area contributed by atoms with E-state index in [-0.39, 0.29) is 0 Å². The third kappa shape index (κ3) is 2.34. The summed E-state index contributed by atoms with van der Waals surface area (Å²) in [6.45, 7) is 2.05. The molecule has 1 amide bonds. The summed E-state index contributed by atoms with van der Waals surface area (Å²) >= 11 is 0. The maximum Gasteiger partial charge on any atom is 0.319 e. The average Bonchev–Trinajstić information content (AvgIpc) is 2.39. The molecule has 0 saturated carbocycles. The molecular weight excluding hydrogens is 248 g/mol. The van der Waals surface area contributed by atoms with Gasteiger partial charge in [-0.05, 0) is 12.5 Å². The van der Waals surface area contributed by atoms with Crippen LogP contribution in [0.4, 0.5) is 0 Å². The summed E-state index contributed by atoms with van der Waals surface area (Å²) in [6, 6.07) is 7.21. The van der Waals surface area contributed by atoms with E-state index < -0.39 is 23.0 Å². The zero-order valence-electron chi connectivity index (χ0n) is 10.4. The molecule has 0 fully saturated rings. The van der Waals surface area contributed by atoms with Crippen LogP contribution < -0.4 is 0 Å². The van der Waals surface area contributed by atoms with Crippen LogP contribution in [0.2, 0.25) is 0 Å². The highest BCUT2D eigenvalue weighted by molar-refractivity contribution is 5.90. The van der Waals surface area contributed by atoms with Gasteiger partial charge < -0.3 is 10.0 Å². The molecule has 0 spiro atoms. The van der Waals surface area contributed by atoms with Crippen LogP contribution in [0.15, 0.2) is 36.5 Å². The number of rotatable bonds is 3. The number of likely N-dealkylation sites (N-methyl/N-ethyl adjacent to an activating group) is 1. The highest BCUT2D eigenvalue weighted by Gasteiger charge is 2.45. The smallest absolute Gasteiger partial charge is 0.319 e. The van der Waals surface area contributed by atoms with Crippen LogP contribution in [-0.4, -0.2) is 39.5 Å². The van der Waals surface area contributed by atoms with Crippen LogP contribution >= 0.6 is 0 Å². The summed E-state index contributed by atoms with van der Waals surface area (Å²) in [6.07, 6.45) is 0.0650. The second-order valence-electron chi connectivity index (χ2n) is 4.25. The minimum Gasteiger partial charge on any atom is -0.380 e. The van der Waals surface area contributed by atoms with Crippen LogP contribution in [0.3, 0.4) is 0 Å². The Kier molecular flexibility index (Phi) is 3.62. The van der Waals surface area contributed by atoms with Crippen molar-refractivity contribution in [3.8, 4) is 0 Å². The highest BCUT2D eigenvalue weighted by Crippen LogP contribution is 2.27. The third-order valence-corrected chi connectivity index (χ3v) is 3.12. The van der Waals surface area contributed by atoms with Gasteiger partial charge in [0.15, 0.2) is 6.10 Å². The number of nitrogens with zero attached hydrogens (tertiary/aromatic N) is 2. The fourth-order valence-electron chi connectivity index (χ4n) is 2.11. The Balaban J connectivity index is 2.47. The van der Waals surface area contributed by atoms with Gasteiger partial charge in [0.25, 0.3) is 0 Å². The number of hydrogen-bond donors (Lipinski definition) is 1. The summed E-state index contributed by atoms with van der Waals surface area (Å²) in [5, 5.41) is 21.1. The first-order valence-electron chi connectivity index (χ1n) is 5.95. The van der Waals surface area contributed by atoms with Crippen LogP contribution in [0, 0.1) is 10.1 Å². The zero-order chi connectivity index (χ0) is 14.0. The SMILES string of the molecule is CCN1C=C(c2ccccc2)C(O)C([N+](=O)[O-])C1=O. The quantitative estimate of drug-likeness (QED) is 0.648. The molecule has 1 aromatic rings. The molecule has 0 saturated heterocycles. The number of aliphatic hydroxyl groups excluding tert-OH is 1. The fourth-order valence-corrected chi connectivity index (χ4v) is 2.11. The van der Waals surface area contributed by atoms with Crippen molar-refractivity contribution >= 4 is 11.5 Å². The second-order valence-corrected chi connectivity index (χ2v) is 4.25. The molecule has 1 aliphatic heterocycles. The Labute approximate surface area is 110 Å². The Bertz CT molecular complexity index is 527. The summed E-state index contributed by atoms with van der Waals surface area (Å²) in [5.74, 6) is -0.681. The van der Waals surface area contributed by atoms with Crippen LogP contribution in [0.25, 0.3) is 5.57 Å². The number of nitro groups is 1. The molecule has 100 valence electrons. The summed E-state index contributed by atoms with van der Waals surface area (Å²) in [4.78, 5) is 23.4. The summed E-state index contributed by atoms with van der Waals surface area (Å²) in [7, 11) is 0. The lowest BCUT2D eigenvalue weighted by Crippen LogP contribution is -2.51. The van der Waals surface area contributed by atoms with Crippen molar-refractivity contribution in [2.75, 3.05) is 6.54 Å². The van der Waals surface area contributed by atoms with Crippen molar-refractivity contribution < 1.29 is 14.8 Å². The van der Waals surface area contributed by atoms with E-state index in [1.54, 1.807) is 31.2 Å². The first-order chi connectivity index (χ1) is 9.06. The topological polar surface area (TPSA) is 83.7 Å². The standard InChI is InChI=1S/C13H14N2O4/c1-2-14-8-10(9-6-4-3-5-7-9)12(16)11(13(14)17)15(18)19/h3-8,11-12,16H,2H2,1H3. The van der Waals surface area contributed by atoms with E-state index in [1.807, 2.05) is 6.07 Å². The van der Waals surface area contributed by atoms with Gasteiger partial charge in [0.1, 0.15) is 0 Å². The monoisotopic (exact) mass is 262 g/mol. The van der Waals surface area contributed by atoms with E-state index in [1.165, 1.54) is 11.1 Å². The van der Waals surface area contributed by atoms with Crippen LogP contribution in [0.1, 0.15) is 12.5 Å². The van der Waals surface area contributed by atoms with Gasteiger partial charge in [0.05, 0.1) is 0 Å². The van der Waals surface area contributed by atoms with Gasteiger partial charge >= 0.3 is 11.9 Å². The first-order valence-corrected chi connectivity index (χ1v) is 5.95. The normalized spacial score (nSPS) is 23.2. The molecule has 6 heteroatoms. The second kappa shape index (κ2) is 5.19. The largest absolute Gasteiger partial charge is 0.380 e. The molecule has 2 rings (SSSR count). The van der Waals surface area contributed by atoms with Gasteiger partial charge in [-0.25, -0.2) is 0 Å². The van der Waals surface area contributed by atoms with Crippen LogP contribution in [-0.2, 0) is 4.79 Å². The number of aliphatic hydroxyl groups is 1. The number of hydrogen-bond acceptors (Lipinski definition) is 4. The number of amides is 1. The Hall–Kier alpha value is -2.21. The van der Waals surface area contributed by atoms with Gasteiger partial charge in [0, 0.05) is 23.2 Å². The first kappa shape index (κ1) is 13.2. The molecule has 0 bridgehead atoms. The Morgan fingerprint density at radius 3 is 2.53 bits per heavy atom. The lowest BCUT2D eigenvalue weighted by Gasteiger charge is -2.29. The number of carbonyl (C=O) groups excluding carboxylic acids is 1. The van der Waals surface area contributed by atoms with E-state index in [2.05, 4.69) is 0 Å². The number of benzene rings is 1. The van der Waals surface area contributed by atoms with E-state index in [0.29, 0.717) is 17.7 Å². The minimum absolute atomic E-state index is 0.326. The van der Waals surface area contributed by atoms with Gasteiger partial charge in [-0.3, -0.25) is 14.9 Å². The Morgan fingerprint density at radius 2 is 2.00 bits per heavy atom. The molecule has 6 nitrogen and oxygen atoms in total. The molecule has 2 atom stereocenters. The van der Waals surface area contributed by atoms with Gasteiger partial charge in [-0.15, -0.1) is 0 Å². The van der Waals surface area contributed by atoms with E-state index in [0.717, 1.165) is 0 Å². The summed E-state index contributed by atoms with van der Waals surface area (Å²) in [5.41, 5.74) is 1.07. The maximum absolute atomic E-state index is 11.9. The molecule has 1 N–H and O–H groups in total. The lowest BCUT2D eigenvalue weighted by molar-refractivity contribution is -0.517. The molecule has 19 heavy (non-hydrogen) atoms. The number of carbonyl (C=O) groups is 1. The van der Waals surface area contributed by atoms with Gasteiger partial charge in [-0.1, -0.05) is 30.3 Å². The molecule has 1 aromatic carbocycles. The predicted octanol–water partition coefficient (Wildman–Crippen LogP) is 0.896. The fraction of sp³-hybridized carbons (Fsp3) is 0.308.